The summed E-state index contributed by atoms with van der Waals surface area (Å²) >= 11 is 0. The smallest absolute Gasteiger partial charge is 0.246 e. The number of anilines is 1. The predicted octanol–water partition coefficient (Wildman–Crippen LogP) is 0.670. The fourth-order valence-corrected chi connectivity index (χ4v) is 4.00. The van der Waals surface area contributed by atoms with Crippen LogP contribution >= 0.6 is 0 Å². The van der Waals surface area contributed by atoms with E-state index in [0.717, 1.165) is 0 Å². The average Bonchev–Trinajstić information content (AvgIpc) is 2.90. The second kappa shape index (κ2) is 5.99. The Balaban J connectivity index is 2.36. The molecule has 1 aromatic carbocycles. The summed E-state index contributed by atoms with van der Waals surface area (Å²) in [5, 5.41) is 9.14. The number of aliphatic hydroxyl groups is 1. The first kappa shape index (κ1) is 15.1. The van der Waals surface area contributed by atoms with Crippen LogP contribution in [0.25, 0.3) is 0 Å². The van der Waals surface area contributed by atoms with Crippen molar-refractivity contribution in [3.63, 3.8) is 0 Å². The van der Waals surface area contributed by atoms with Gasteiger partial charge in [-0.15, -0.1) is 0 Å². The number of benzene rings is 1. The number of hydrogen-bond acceptors (Lipinski definition) is 5. The monoisotopic (exact) mass is 300 g/mol. The lowest BCUT2D eigenvalue weighted by Gasteiger charge is -2.19. The summed E-state index contributed by atoms with van der Waals surface area (Å²) in [6, 6.07) is 4.61. The van der Waals surface area contributed by atoms with Crippen molar-refractivity contribution in [3.05, 3.63) is 18.2 Å². The van der Waals surface area contributed by atoms with Crippen molar-refractivity contribution in [2.24, 2.45) is 5.92 Å². The summed E-state index contributed by atoms with van der Waals surface area (Å²) in [6.45, 7) is 2.92. The van der Waals surface area contributed by atoms with Gasteiger partial charge in [0.25, 0.3) is 0 Å². The minimum atomic E-state index is -3.64. The Labute approximate surface area is 119 Å². The molecule has 0 amide bonds. The van der Waals surface area contributed by atoms with Gasteiger partial charge in [-0.05, 0) is 37.5 Å². The van der Waals surface area contributed by atoms with Crippen molar-refractivity contribution < 1.29 is 18.3 Å². The zero-order chi connectivity index (χ0) is 14.8. The first-order chi connectivity index (χ1) is 9.48. The summed E-state index contributed by atoms with van der Waals surface area (Å²) < 4.78 is 32.1. The van der Waals surface area contributed by atoms with E-state index >= 15 is 0 Å². The van der Waals surface area contributed by atoms with Crippen LogP contribution in [0.3, 0.4) is 0 Å². The van der Waals surface area contributed by atoms with Gasteiger partial charge in [-0.1, -0.05) is 0 Å². The van der Waals surface area contributed by atoms with Crippen molar-refractivity contribution in [2.45, 2.75) is 18.2 Å². The topological polar surface area (TPSA) is 92.9 Å². The lowest BCUT2D eigenvalue weighted by molar-refractivity contribution is 0.233. The van der Waals surface area contributed by atoms with Gasteiger partial charge in [0.1, 0.15) is 10.6 Å². The standard InChI is InChI=1S/C13H20N2O4S/c1-2-19-12-4-3-11(14)7-13(12)20(17,18)15-6-5-10(8-15)9-16/h3-4,7,10,16H,2,5-6,8-9,14H2,1H3. The molecule has 0 aliphatic carbocycles. The van der Waals surface area contributed by atoms with Crippen LogP contribution in [0.5, 0.6) is 5.75 Å². The van der Waals surface area contributed by atoms with E-state index in [-0.39, 0.29) is 17.4 Å². The molecule has 1 saturated heterocycles. The van der Waals surface area contributed by atoms with Gasteiger partial charge in [-0.25, -0.2) is 8.42 Å². The van der Waals surface area contributed by atoms with Crippen molar-refractivity contribution in [2.75, 3.05) is 32.0 Å². The van der Waals surface area contributed by atoms with E-state index in [4.69, 9.17) is 15.6 Å². The quantitative estimate of drug-likeness (QED) is 0.780. The molecule has 1 heterocycles. The van der Waals surface area contributed by atoms with Crippen LogP contribution in [-0.4, -0.2) is 44.1 Å². The fraction of sp³-hybridized carbons (Fsp3) is 0.538. The van der Waals surface area contributed by atoms with Crippen LogP contribution < -0.4 is 10.5 Å². The lowest BCUT2D eigenvalue weighted by Crippen LogP contribution is -2.29. The van der Waals surface area contributed by atoms with E-state index in [1.807, 2.05) is 0 Å². The molecule has 0 spiro atoms. The van der Waals surface area contributed by atoms with Crippen molar-refractivity contribution in [1.29, 1.82) is 0 Å². The molecule has 0 saturated carbocycles. The highest BCUT2D eigenvalue weighted by Gasteiger charge is 2.34. The molecule has 112 valence electrons. The maximum absolute atomic E-state index is 12.7. The maximum Gasteiger partial charge on any atom is 0.246 e. The number of aliphatic hydroxyl groups excluding tert-OH is 1. The Morgan fingerprint density at radius 1 is 1.50 bits per heavy atom. The third kappa shape index (κ3) is 2.89. The summed E-state index contributed by atoms with van der Waals surface area (Å²) in [5.41, 5.74) is 6.07. The molecule has 0 radical (unpaired) electrons. The predicted molar refractivity (Wildman–Crippen MR) is 76.0 cm³/mol. The normalized spacial score (nSPS) is 20.2. The van der Waals surface area contributed by atoms with Gasteiger partial charge in [0, 0.05) is 25.4 Å². The molecule has 1 fully saturated rings. The van der Waals surface area contributed by atoms with Gasteiger partial charge in [0.2, 0.25) is 10.0 Å². The molecule has 1 aliphatic rings. The third-order valence-corrected chi connectivity index (χ3v) is 5.28. The Kier molecular flexibility index (Phi) is 4.52. The molecule has 6 nitrogen and oxygen atoms in total. The van der Waals surface area contributed by atoms with Gasteiger partial charge in [-0.3, -0.25) is 0 Å². The number of nitrogens with two attached hydrogens (primary N) is 1. The van der Waals surface area contributed by atoms with E-state index in [0.29, 0.717) is 37.6 Å². The Bertz CT molecular complexity index is 574. The number of nitrogen functional groups attached to an aromatic ring is 1. The zero-order valence-corrected chi connectivity index (χ0v) is 12.3. The molecule has 1 unspecified atom stereocenters. The van der Waals surface area contributed by atoms with Crippen LogP contribution in [0.1, 0.15) is 13.3 Å². The summed E-state index contributed by atoms with van der Waals surface area (Å²) in [6.07, 6.45) is 0.669. The van der Waals surface area contributed by atoms with E-state index < -0.39 is 10.0 Å². The first-order valence-corrected chi connectivity index (χ1v) is 8.06. The SMILES string of the molecule is CCOc1ccc(N)cc1S(=O)(=O)N1CCC(CO)C1. The largest absolute Gasteiger partial charge is 0.492 e. The zero-order valence-electron chi connectivity index (χ0n) is 11.4. The number of nitrogens with zero attached hydrogens (tertiary/aromatic N) is 1. The molecule has 0 bridgehead atoms. The Morgan fingerprint density at radius 3 is 2.85 bits per heavy atom. The van der Waals surface area contributed by atoms with Gasteiger partial charge < -0.3 is 15.6 Å². The van der Waals surface area contributed by atoms with Crippen LogP contribution in [0.15, 0.2) is 23.1 Å². The summed E-state index contributed by atoms with van der Waals surface area (Å²) in [7, 11) is -3.64. The summed E-state index contributed by atoms with van der Waals surface area (Å²) in [4.78, 5) is 0.0953. The van der Waals surface area contributed by atoms with Gasteiger partial charge in [0.05, 0.1) is 6.61 Å². The number of sulfonamides is 1. The van der Waals surface area contributed by atoms with Crippen LogP contribution in [-0.2, 0) is 10.0 Å². The minimum Gasteiger partial charge on any atom is -0.492 e. The van der Waals surface area contributed by atoms with Gasteiger partial charge in [-0.2, -0.15) is 4.31 Å². The highest BCUT2D eigenvalue weighted by Crippen LogP contribution is 2.31. The van der Waals surface area contributed by atoms with Gasteiger partial charge >= 0.3 is 0 Å². The van der Waals surface area contributed by atoms with E-state index in [2.05, 4.69) is 0 Å². The summed E-state index contributed by atoms with van der Waals surface area (Å²) in [5.74, 6) is 0.315. The van der Waals surface area contributed by atoms with Crippen molar-refractivity contribution in [3.8, 4) is 5.75 Å². The van der Waals surface area contributed by atoms with E-state index in [1.54, 1.807) is 19.1 Å². The first-order valence-electron chi connectivity index (χ1n) is 6.62. The molecular formula is C13H20N2O4S. The number of hydrogen-bond donors (Lipinski definition) is 2. The second-order valence-corrected chi connectivity index (χ2v) is 6.75. The van der Waals surface area contributed by atoms with Crippen molar-refractivity contribution >= 4 is 15.7 Å². The van der Waals surface area contributed by atoms with Crippen LogP contribution in [0.4, 0.5) is 5.69 Å². The highest BCUT2D eigenvalue weighted by atomic mass is 32.2. The van der Waals surface area contributed by atoms with Gasteiger partial charge in [0.15, 0.2) is 0 Å². The lowest BCUT2D eigenvalue weighted by atomic mass is 10.1. The van der Waals surface area contributed by atoms with Crippen LogP contribution in [0, 0.1) is 5.92 Å². The Hall–Kier alpha value is -1.31. The molecule has 0 aromatic heterocycles. The maximum atomic E-state index is 12.7. The van der Waals surface area contributed by atoms with E-state index in [1.165, 1.54) is 10.4 Å². The molecule has 7 heteroatoms. The molecule has 3 N–H and O–H groups in total. The molecule has 1 atom stereocenters. The van der Waals surface area contributed by atoms with E-state index in [9.17, 15) is 8.42 Å². The third-order valence-electron chi connectivity index (χ3n) is 3.39. The molecular weight excluding hydrogens is 280 g/mol. The molecule has 20 heavy (non-hydrogen) atoms. The molecule has 2 rings (SSSR count). The second-order valence-electron chi connectivity index (χ2n) is 4.84. The average molecular weight is 300 g/mol. The molecule has 1 aliphatic heterocycles. The fourth-order valence-electron chi connectivity index (χ4n) is 2.30. The molecule has 1 aromatic rings. The number of ether oxygens (including phenoxy) is 1. The Morgan fingerprint density at radius 2 is 2.25 bits per heavy atom. The minimum absolute atomic E-state index is 0.00126. The highest BCUT2D eigenvalue weighted by molar-refractivity contribution is 7.89. The van der Waals surface area contributed by atoms with Crippen LogP contribution in [0.2, 0.25) is 0 Å². The van der Waals surface area contributed by atoms with Crippen molar-refractivity contribution in [1.82, 2.24) is 4.31 Å². The number of rotatable bonds is 5.